The van der Waals surface area contributed by atoms with E-state index < -0.39 is 0 Å². The summed E-state index contributed by atoms with van der Waals surface area (Å²) in [7, 11) is 0. The van der Waals surface area contributed by atoms with Crippen LogP contribution in [0.25, 0.3) is 0 Å². The third-order valence-electron chi connectivity index (χ3n) is 4.49. The zero-order valence-corrected chi connectivity index (χ0v) is 9.58. The van der Waals surface area contributed by atoms with Crippen LogP contribution in [0.2, 0.25) is 0 Å². The summed E-state index contributed by atoms with van der Waals surface area (Å²) in [6.07, 6.45) is 8.19. The van der Waals surface area contributed by atoms with Crippen molar-refractivity contribution in [2.75, 3.05) is 0 Å². The summed E-state index contributed by atoms with van der Waals surface area (Å²) in [5.74, 6) is 3.48. The van der Waals surface area contributed by atoms with Crippen LogP contribution in [0.5, 0.6) is 0 Å². The standard InChI is InChI=1S/C13H24O/c1-9(2)13(14)6-5-12-8-10-3-4-11(12)7-10/h9-14H,3-8H2,1-2H3. The Morgan fingerprint density at radius 3 is 2.50 bits per heavy atom. The molecule has 4 atom stereocenters. The zero-order chi connectivity index (χ0) is 10.1. The molecule has 2 aliphatic rings. The van der Waals surface area contributed by atoms with Gasteiger partial charge in [-0.3, -0.25) is 0 Å². The van der Waals surface area contributed by atoms with Gasteiger partial charge in [-0.05, 0) is 55.8 Å². The molecule has 2 aliphatic carbocycles. The monoisotopic (exact) mass is 196 g/mol. The van der Waals surface area contributed by atoms with E-state index in [1.165, 1.54) is 32.1 Å². The Morgan fingerprint density at radius 2 is 2.00 bits per heavy atom. The summed E-state index contributed by atoms with van der Waals surface area (Å²) < 4.78 is 0. The lowest BCUT2D eigenvalue weighted by atomic mass is 9.84. The van der Waals surface area contributed by atoms with Crippen LogP contribution in [0.3, 0.4) is 0 Å². The molecule has 82 valence electrons. The highest BCUT2D eigenvalue weighted by Crippen LogP contribution is 2.50. The molecule has 2 saturated carbocycles. The quantitative estimate of drug-likeness (QED) is 0.732. The minimum Gasteiger partial charge on any atom is -0.393 e. The van der Waals surface area contributed by atoms with E-state index in [1.54, 1.807) is 0 Å². The first kappa shape index (κ1) is 10.5. The summed E-state index contributed by atoms with van der Waals surface area (Å²) in [6.45, 7) is 4.23. The van der Waals surface area contributed by atoms with E-state index in [1.807, 2.05) is 0 Å². The van der Waals surface area contributed by atoms with Crippen LogP contribution in [0.4, 0.5) is 0 Å². The minimum absolute atomic E-state index is 0.0610. The number of fused-ring (bicyclic) bond motifs is 2. The van der Waals surface area contributed by atoms with Gasteiger partial charge in [-0.15, -0.1) is 0 Å². The van der Waals surface area contributed by atoms with Crippen molar-refractivity contribution in [1.29, 1.82) is 0 Å². The van der Waals surface area contributed by atoms with E-state index in [0.29, 0.717) is 5.92 Å². The van der Waals surface area contributed by atoms with Crippen molar-refractivity contribution in [1.82, 2.24) is 0 Å². The van der Waals surface area contributed by atoms with Crippen molar-refractivity contribution in [3.8, 4) is 0 Å². The first-order chi connectivity index (χ1) is 6.66. The van der Waals surface area contributed by atoms with Gasteiger partial charge in [0.1, 0.15) is 0 Å². The lowest BCUT2D eigenvalue weighted by Gasteiger charge is -2.23. The molecule has 2 fully saturated rings. The number of aliphatic hydroxyl groups excluding tert-OH is 1. The number of rotatable bonds is 4. The molecule has 2 rings (SSSR count). The Kier molecular flexibility index (Phi) is 3.16. The highest BCUT2D eigenvalue weighted by Gasteiger charge is 2.39. The van der Waals surface area contributed by atoms with Gasteiger partial charge in [0.25, 0.3) is 0 Å². The maximum Gasteiger partial charge on any atom is 0.0563 e. The van der Waals surface area contributed by atoms with E-state index in [2.05, 4.69) is 13.8 Å². The topological polar surface area (TPSA) is 20.2 Å². The summed E-state index contributed by atoms with van der Waals surface area (Å²) in [5, 5.41) is 9.76. The molecular weight excluding hydrogens is 172 g/mol. The number of hydrogen-bond donors (Lipinski definition) is 1. The molecule has 0 spiro atoms. The summed E-state index contributed by atoms with van der Waals surface area (Å²) in [6, 6.07) is 0. The van der Waals surface area contributed by atoms with E-state index in [9.17, 15) is 5.11 Å². The molecule has 0 heterocycles. The Balaban J connectivity index is 1.71. The average Bonchev–Trinajstić information content (AvgIpc) is 2.74. The van der Waals surface area contributed by atoms with Crippen molar-refractivity contribution in [3.05, 3.63) is 0 Å². The van der Waals surface area contributed by atoms with Crippen molar-refractivity contribution in [2.24, 2.45) is 23.7 Å². The van der Waals surface area contributed by atoms with Crippen LogP contribution in [-0.2, 0) is 0 Å². The van der Waals surface area contributed by atoms with Gasteiger partial charge >= 0.3 is 0 Å². The van der Waals surface area contributed by atoms with Crippen molar-refractivity contribution in [2.45, 2.75) is 58.5 Å². The normalized spacial score (nSPS) is 38.1. The fourth-order valence-corrected chi connectivity index (χ4v) is 3.45. The molecule has 4 unspecified atom stereocenters. The maximum atomic E-state index is 9.76. The lowest BCUT2D eigenvalue weighted by molar-refractivity contribution is 0.103. The van der Waals surface area contributed by atoms with E-state index in [4.69, 9.17) is 0 Å². The van der Waals surface area contributed by atoms with E-state index in [-0.39, 0.29) is 6.10 Å². The highest BCUT2D eigenvalue weighted by molar-refractivity contribution is 4.90. The predicted molar refractivity (Wildman–Crippen MR) is 59.0 cm³/mol. The van der Waals surface area contributed by atoms with Crippen LogP contribution >= 0.6 is 0 Å². The van der Waals surface area contributed by atoms with E-state index in [0.717, 1.165) is 24.2 Å². The van der Waals surface area contributed by atoms with Gasteiger partial charge in [0.05, 0.1) is 6.10 Å². The van der Waals surface area contributed by atoms with Crippen LogP contribution < -0.4 is 0 Å². The first-order valence-corrected chi connectivity index (χ1v) is 6.35. The lowest BCUT2D eigenvalue weighted by Crippen LogP contribution is -2.18. The second kappa shape index (κ2) is 4.22. The Labute approximate surface area is 87.9 Å². The second-order valence-corrected chi connectivity index (χ2v) is 5.82. The highest BCUT2D eigenvalue weighted by atomic mass is 16.3. The predicted octanol–water partition coefficient (Wildman–Crippen LogP) is 3.22. The third-order valence-corrected chi connectivity index (χ3v) is 4.49. The zero-order valence-electron chi connectivity index (χ0n) is 9.58. The molecular formula is C13H24O. The van der Waals surface area contributed by atoms with Crippen molar-refractivity contribution in [3.63, 3.8) is 0 Å². The fourth-order valence-electron chi connectivity index (χ4n) is 3.45. The Morgan fingerprint density at radius 1 is 1.21 bits per heavy atom. The maximum absolute atomic E-state index is 9.76. The Hall–Kier alpha value is -0.0400. The van der Waals surface area contributed by atoms with Crippen LogP contribution in [-0.4, -0.2) is 11.2 Å². The second-order valence-electron chi connectivity index (χ2n) is 5.82. The van der Waals surface area contributed by atoms with Gasteiger partial charge in [0.15, 0.2) is 0 Å². The molecule has 0 amide bonds. The molecule has 1 heteroatoms. The minimum atomic E-state index is -0.0610. The van der Waals surface area contributed by atoms with Crippen molar-refractivity contribution < 1.29 is 5.11 Å². The molecule has 1 N–H and O–H groups in total. The SMILES string of the molecule is CC(C)C(O)CCC1CC2CCC1C2. The average molecular weight is 196 g/mol. The van der Waals surface area contributed by atoms with Crippen LogP contribution in [0.15, 0.2) is 0 Å². The molecule has 0 saturated heterocycles. The molecule has 0 aliphatic heterocycles. The molecule has 1 nitrogen and oxygen atoms in total. The summed E-state index contributed by atoms with van der Waals surface area (Å²) in [4.78, 5) is 0. The summed E-state index contributed by atoms with van der Waals surface area (Å²) >= 11 is 0. The summed E-state index contributed by atoms with van der Waals surface area (Å²) in [5.41, 5.74) is 0. The van der Waals surface area contributed by atoms with Gasteiger partial charge in [-0.2, -0.15) is 0 Å². The molecule has 14 heavy (non-hydrogen) atoms. The van der Waals surface area contributed by atoms with Crippen LogP contribution in [0.1, 0.15) is 52.4 Å². The van der Waals surface area contributed by atoms with E-state index >= 15 is 0 Å². The molecule has 0 aromatic rings. The molecule has 0 radical (unpaired) electrons. The number of aliphatic hydroxyl groups is 1. The fraction of sp³-hybridized carbons (Fsp3) is 1.00. The van der Waals surface area contributed by atoms with Gasteiger partial charge < -0.3 is 5.11 Å². The van der Waals surface area contributed by atoms with Gasteiger partial charge in [-0.1, -0.05) is 20.3 Å². The molecule has 0 aromatic heterocycles. The first-order valence-electron chi connectivity index (χ1n) is 6.35. The van der Waals surface area contributed by atoms with Gasteiger partial charge in [-0.25, -0.2) is 0 Å². The van der Waals surface area contributed by atoms with Gasteiger partial charge in [0.2, 0.25) is 0 Å². The molecule has 2 bridgehead atoms. The largest absolute Gasteiger partial charge is 0.393 e. The van der Waals surface area contributed by atoms with Crippen LogP contribution in [0, 0.1) is 23.7 Å². The third kappa shape index (κ3) is 2.13. The smallest absolute Gasteiger partial charge is 0.0563 e. The Bertz CT molecular complexity index is 188. The van der Waals surface area contributed by atoms with Crippen molar-refractivity contribution >= 4 is 0 Å². The van der Waals surface area contributed by atoms with Gasteiger partial charge in [0, 0.05) is 0 Å². The number of hydrogen-bond acceptors (Lipinski definition) is 1. The molecule has 0 aromatic carbocycles.